The lowest BCUT2D eigenvalue weighted by atomic mass is 10.0. The standard InChI is InChI=1S/C15H16ClFN2O2/c1-2-11-14(20)18-13(8-3-4-8)15(21)19(11)12-6-5-9(16)7-10(12)17/h5-8,11,13H,2-4H2,1H3,(H,18,20). The van der Waals surface area contributed by atoms with Crippen molar-refractivity contribution in [1.82, 2.24) is 5.32 Å². The number of benzene rings is 1. The van der Waals surface area contributed by atoms with Crippen LogP contribution in [0.1, 0.15) is 26.2 Å². The summed E-state index contributed by atoms with van der Waals surface area (Å²) in [5.74, 6) is -0.857. The summed E-state index contributed by atoms with van der Waals surface area (Å²) >= 11 is 5.76. The smallest absolute Gasteiger partial charge is 0.250 e. The Kier molecular flexibility index (Phi) is 3.61. The Morgan fingerprint density at radius 3 is 2.67 bits per heavy atom. The molecule has 0 bridgehead atoms. The summed E-state index contributed by atoms with van der Waals surface area (Å²) in [7, 11) is 0. The molecule has 0 spiro atoms. The fourth-order valence-corrected chi connectivity index (χ4v) is 2.97. The molecular formula is C15H16ClFN2O2. The number of carbonyl (C=O) groups is 2. The predicted molar refractivity (Wildman–Crippen MR) is 77.6 cm³/mol. The van der Waals surface area contributed by atoms with E-state index in [1.165, 1.54) is 17.0 Å². The number of anilines is 1. The van der Waals surface area contributed by atoms with Gasteiger partial charge in [-0.25, -0.2) is 4.39 Å². The molecule has 21 heavy (non-hydrogen) atoms. The second-order valence-corrected chi connectivity index (χ2v) is 5.99. The predicted octanol–water partition coefficient (Wildman–Crippen LogP) is 2.50. The van der Waals surface area contributed by atoms with Gasteiger partial charge < -0.3 is 5.32 Å². The normalized spacial score (nSPS) is 26.0. The van der Waals surface area contributed by atoms with Crippen LogP contribution >= 0.6 is 11.6 Å². The van der Waals surface area contributed by atoms with Gasteiger partial charge in [0.2, 0.25) is 5.91 Å². The quantitative estimate of drug-likeness (QED) is 0.932. The van der Waals surface area contributed by atoms with Gasteiger partial charge in [0.25, 0.3) is 5.91 Å². The van der Waals surface area contributed by atoms with Crippen LogP contribution in [0, 0.1) is 11.7 Å². The van der Waals surface area contributed by atoms with Crippen molar-refractivity contribution >= 4 is 29.1 Å². The highest BCUT2D eigenvalue weighted by molar-refractivity contribution is 6.30. The first-order chi connectivity index (χ1) is 10.0. The van der Waals surface area contributed by atoms with Crippen LogP contribution < -0.4 is 10.2 Å². The Bertz CT molecular complexity index is 603. The third kappa shape index (κ3) is 2.50. The molecule has 0 radical (unpaired) electrons. The first-order valence-electron chi connectivity index (χ1n) is 7.11. The zero-order valence-corrected chi connectivity index (χ0v) is 12.4. The third-order valence-electron chi connectivity index (χ3n) is 4.06. The van der Waals surface area contributed by atoms with Crippen molar-refractivity contribution in [1.29, 1.82) is 0 Å². The van der Waals surface area contributed by atoms with Crippen molar-refractivity contribution in [2.75, 3.05) is 4.90 Å². The van der Waals surface area contributed by atoms with E-state index in [1.807, 2.05) is 0 Å². The van der Waals surface area contributed by atoms with Crippen LogP contribution in [0.5, 0.6) is 0 Å². The summed E-state index contributed by atoms with van der Waals surface area (Å²) in [5.41, 5.74) is 0.122. The van der Waals surface area contributed by atoms with Gasteiger partial charge in [0, 0.05) is 5.02 Å². The second kappa shape index (κ2) is 5.30. The van der Waals surface area contributed by atoms with Gasteiger partial charge in [-0.2, -0.15) is 0 Å². The molecule has 2 amide bonds. The van der Waals surface area contributed by atoms with Crippen molar-refractivity contribution in [2.24, 2.45) is 5.92 Å². The molecule has 1 heterocycles. The average molecular weight is 311 g/mol. The van der Waals surface area contributed by atoms with Gasteiger partial charge in [-0.15, -0.1) is 0 Å². The summed E-state index contributed by atoms with van der Waals surface area (Å²) in [5, 5.41) is 3.04. The summed E-state index contributed by atoms with van der Waals surface area (Å²) in [6.45, 7) is 1.80. The molecule has 0 aromatic heterocycles. The van der Waals surface area contributed by atoms with Gasteiger partial charge in [-0.3, -0.25) is 14.5 Å². The largest absolute Gasteiger partial charge is 0.342 e. The van der Waals surface area contributed by atoms with E-state index in [4.69, 9.17) is 11.6 Å². The molecule has 2 aliphatic rings. The van der Waals surface area contributed by atoms with E-state index < -0.39 is 17.9 Å². The van der Waals surface area contributed by atoms with Gasteiger partial charge in [-0.05, 0) is 43.4 Å². The third-order valence-corrected chi connectivity index (χ3v) is 4.30. The summed E-state index contributed by atoms with van der Waals surface area (Å²) in [4.78, 5) is 26.2. The average Bonchev–Trinajstić information content (AvgIpc) is 3.26. The number of rotatable bonds is 3. The van der Waals surface area contributed by atoms with Gasteiger partial charge in [0.05, 0.1) is 5.69 Å². The topological polar surface area (TPSA) is 49.4 Å². The molecule has 112 valence electrons. The maximum atomic E-state index is 14.2. The van der Waals surface area contributed by atoms with Gasteiger partial charge in [0.1, 0.15) is 17.9 Å². The molecule has 6 heteroatoms. The number of piperazine rings is 1. The molecule has 3 rings (SSSR count). The Hall–Kier alpha value is -1.62. The van der Waals surface area contributed by atoms with Crippen molar-refractivity contribution < 1.29 is 14.0 Å². The van der Waals surface area contributed by atoms with Gasteiger partial charge in [0.15, 0.2) is 0 Å². The minimum atomic E-state index is -0.678. The fraction of sp³-hybridized carbons (Fsp3) is 0.467. The lowest BCUT2D eigenvalue weighted by Gasteiger charge is -2.38. The zero-order chi connectivity index (χ0) is 15.1. The molecule has 2 fully saturated rings. The highest BCUT2D eigenvalue weighted by Gasteiger charge is 2.47. The molecule has 1 aliphatic carbocycles. The molecule has 1 aliphatic heterocycles. The number of nitrogens with one attached hydrogen (secondary N) is 1. The highest BCUT2D eigenvalue weighted by Crippen LogP contribution is 2.37. The molecule has 1 aromatic rings. The van der Waals surface area contributed by atoms with E-state index in [2.05, 4.69) is 5.32 Å². The van der Waals surface area contributed by atoms with Gasteiger partial charge >= 0.3 is 0 Å². The number of nitrogens with zero attached hydrogens (tertiary/aromatic N) is 1. The molecule has 2 unspecified atom stereocenters. The summed E-state index contributed by atoms with van der Waals surface area (Å²) < 4.78 is 14.2. The van der Waals surface area contributed by atoms with E-state index in [1.54, 1.807) is 6.92 Å². The molecule has 1 aromatic carbocycles. The van der Waals surface area contributed by atoms with E-state index in [0.29, 0.717) is 6.42 Å². The van der Waals surface area contributed by atoms with E-state index in [9.17, 15) is 14.0 Å². The Morgan fingerprint density at radius 1 is 1.38 bits per heavy atom. The minimum absolute atomic E-state index is 0.122. The van der Waals surface area contributed by atoms with Crippen LogP contribution in [0.2, 0.25) is 5.02 Å². The van der Waals surface area contributed by atoms with Crippen LogP contribution in [0.25, 0.3) is 0 Å². The number of halogens is 2. The van der Waals surface area contributed by atoms with Crippen molar-refractivity contribution in [3.05, 3.63) is 29.0 Å². The maximum absolute atomic E-state index is 14.2. The SMILES string of the molecule is CCC1C(=O)NC(C2CC2)C(=O)N1c1ccc(Cl)cc1F. The number of hydrogen-bond donors (Lipinski definition) is 1. The van der Waals surface area contributed by atoms with Crippen LogP contribution in [-0.2, 0) is 9.59 Å². The maximum Gasteiger partial charge on any atom is 0.250 e. The Labute approximate surface area is 127 Å². The van der Waals surface area contributed by atoms with Crippen LogP contribution in [0.3, 0.4) is 0 Å². The van der Waals surface area contributed by atoms with E-state index in [-0.39, 0.29) is 28.4 Å². The van der Waals surface area contributed by atoms with Crippen molar-refractivity contribution in [2.45, 2.75) is 38.3 Å². The van der Waals surface area contributed by atoms with Gasteiger partial charge in [-0.1, -0.05) is 18.5 Å². The second-order valence-electron chi connectivity index (χ2n) is 5.55. The first-order valence-corrected chi connectivity index (χ1v) is 7.49. The van der Waals surface area contributed by atoms with Crippen LogP contribution in [-0.4, -0.2) is 23.9 Å². The molecule has 2 atom stereocenters. The van der Waals surface area contributed by atoms with E-state index >= 15 is 0 Å². The van der Waals surface area contributed by atoms with Crippen LogP contribution in [0.4, 0.5) is 10.1 Å². The molecular weight excluding hydrogens is 295 g/mol. The lowest BCUT2D eigenvalue weighted by molar-refractivity contribution is -0.134. The number of hydrogen-bond acceptors (Lipinski definition) is 2. The zero-order valence-electron chi connectivity index (χ0n) is 11.6. The summed E-state index contributed by atoms with van der Waals surface area (Å²) in [6, 6.07) is 2.94. The number of carbonyl (C=O) groups excluding carboxylic acids is 2. The summed E-state index contributed by atoms with van der Waals surface area (Å²) in [6.07, 6.45) is 2.27. The molecule has 1 saturated carbocycles. The first kappa shape index (κ1) is 14.3. The monoisotopic (exact) mass is 310 g/mol. The minimum Gasteiger partial charge on any atom is -0.342 e. The Balaban J connectivity index is 2.01. The number of amides is 2. The van der Waals surface area contributed by atoms with E-state index in [0.717, 1.165) is 18.9 Å². The molecule has 1 saturated heterocycles. The van der Waals surface area contributed by atoms with Crippen molar-refractivity contribution in [3.8, 4) is 0 Å². The Morgan fingerprint density at radius 2 is 2.10 bits per heavy atom. The highest BCUT2D eigenvalue weighted by atomic mass is 35.5. The van der Waals surface area contributed by atoms with Crippen molar-refractivity contribution in [3.63, 3.8) is 0 Å². The fourth-order valence-electron chi connectivity index (χ4n) is 2.81. The molecule has 1 N–H and O–H groups in total. The lowest BCUT2D eigenvalue weighted by Crippen LogP contribution is -2.64. The molecule has 4 nitrogen and oxygen atoms in total. The van der Waals surface area contributed by atoms with Crippen LogP contribution in [0.15, 0.2) is 18.2 Å².